The number of anilines is 1. The van der Waals surface area contributed by atoms with E-state index in [2.05, 4.69) is 9.71 Å². The van der Waals surface area contributed by atoms with E-state index in [4.69, 9.17) is 5.73 Å². The van der Waals surface area contributed by atoms with E-state index in [1.807, 2.05) is 13.8 Å². The van der Waals surface area contributed by atoms with Gasteiger partial charge in [0.15, 0.2) is 5.13 Å². The lowest BCUT2D eigenvalue weighted by molar-refractivity contribution is 0.600. The average molecular weight is 303 g/mol. The molecule has 0 atom stereocenters. The van der Waals surface area contributed by atoms with Crippen molar-refractivity contribution in [3.05, 3.63) is 26.9 Å². The van der Waals surface area contributed by atoms with Gasteiger partial charge in [0, 0.05) is 16.3 Å². The summed E-state index contributed by atoms with van der Waals surface area (Å²) in [6, 6.07) is 1.56. The van der Waals surface area contributed by atoms with Gasteiger partial charge >= 0.3 is 0 Å². The van der Waals surface area contributed by atoms with E-state index >= 15 is 0 Å². The van der Waals surface area contributed by atoms with Crippen LogP contribution >= 0.6 is 22.7 Å². The quantitative estimate of drug-likeness (QED) is 0.905. The Hall–Kier alpha value is -0.960. The first kappa shape index (κ1) is 13.5. The maximum absolute atomic E-state index is 12.2. The Morgan fingerprint density at radius 3 is 2.72 bits per heavy atom. The van der Waals surface area contributed by atoms with Crippen LogP contribution in [0.2, 0.25) is 0 Å². The minimum atomic E-state index is -3.59. The summed E-state index contributed by atoms with van der Waals surface area (Å²) in [6.07, 6.45) is 0. The molecular formula is C10H13N3O2S3. The van der Waals surface area contributed by atoms with Crippen molar-refractivity contribution in [2.75, 3.05) is 4.72 Å². The number of aryl methyl sites for hydroxylation is 2. The maximum atomic E-state index is 12.2. The lowest BCUT2D eigenvalue weighted by atomic mass is 10.4. The monoisotopic (exact) mass is 303 g/mol. The summed E-state index contributed by atoms with van der Waals surface area (Å²) in [5.41, 5.74) is 6.35. The van der Waals surface area contributed by atoms with Gasteiger partial charge in [-0.05, 0) is 25.3 Å². The number of sulfonamides is 1. The van der Waals surface area contributed by atoms with Crippen molar-refractivity contribution in [3.63, 3.8) is 0 Å². The molecule has 0 bridgehead atoms. The second-order valence-corrected chi connectivity index (χ2v) is 7.53. The van der Waals surface area contributed by atoms with Gasteiger partial charge in [0.25, 0.3) is 10.0 Å². The number of nitrogens with two attached hydrogens (primary N) is 1. The molecule has 0 aromatic carbocycles. The third-order valence-corrected chi connectivity index (χ3v) is 6.04. The number of nitrogens with one attached hydrogen (secondary N) is 1. The van der Waals surface area contributed by atoms with Crippen LogP contribution in [0.15, 0.2) is 16.3 Å². The van der Waals surface area contributed by atoms with Crippen molar-refractivity contribution >= 4 is 37.8 Å². The molecule has 0 aliphatic carbocycles. The van der Waals surface area contributed by atoms with E-state index in [0.717, 1.165) is 10.6 Å². The Labute approximate surface area is 114 Å². The molecule has 0 amide bonds. The van der Waals surface area contributed by atoms with Crippen LogP contribution in [0.5, 0.6) is 0 Å². The molecular weight excluding hydrogens is 290 g/mol. The predicted molar refractivity (Wildman–Crippen MR) is 74.6 cm³/mol. The van der Waals surface area contributed by atoms with Gasteiger partial charge in [-0.3, -0.25) is 4.72 Å². The predicted octanol–water partition coefficient (Wildman–Crippen LogP) is 2.08. The molecule has 5 nitrogen and oxygen atoms in total. The van der Waals surface area contributed by atoms with Crippen LogP contribution < -0.4 is 10.5 Å². The molecule has 0 aliphatic rings. The number of aromatic nitrogens is 1. The maximum Gasteiger partial charge on any atom is 0.264 e. The Kier molecular flexibility index (Phi) is 3.71. The number of rotatable bonds is 4. The normalized spacial score (nSPS) is 11.7. The van der Waals surface area contributed by atoms with E-state index in [9.17, 15) is 8.42 Å². The zero-order valence-electron chi connectivity index (χ0n) is 9.93. The van der Waals surface area contributed by atoms with Gasteiger partial charge in [0.2, 0.25) is 0 Å². The Bertz CT molecular complexity index is 638. The molecule has 0 saturated carbocycles. The number of thiophene rings is 1. The van der Waals surface area contributed by atoms with Gasteiger partial charge in [0.1, 0.15) is 4.90 Å². The lowest BCUT2D eigenvalue weighted by Crippen LogP contribution is -2.14. The molecule has 3 N–H and O–H groups in total. The second-order valence-electron chi connectivity index (χ2n) is 3.68. The average Bonchev–Trinajstić information content (AvgIpc) is 2.86. The summed E-state index contributed by atoms with van der Waals surface area (Å²) >= 11 is 2.66. The van der Waals surface area contributed by atoms with E-state index in [-0.39, 0.29) is 11.4 Å². The van der Waals surface area contributed by atoms with E-state index in [1.54, 1.807) is 11.4 Å². The molecule has 2 rings (SSSR count). The summed E-state index contributed by atoms with van der Waals surface area (Å²) in [5.74, 6) is 0. The highest BCUT2D eigenvalue weighted by Crippen LogP contribution is 2.27. The van der Waals surface area contributed by atoms with Crippen molar-refractivity contribution in [2.45, 2.75) is 25.3 Å². The van der Waals surface area contributed by atoms with E-state index in [1.165, 1.54) is 22.7 Å². The fourth-order valence-corrected chi connectivity index (χ4v) is 4.79. The number of thiazole rings is 1. The fourth-order valence-electron chi connectivity index (χ4n) is 1.40. The molecule has 0 saturated heterocycles. The standard InChI is InChI=1S/C10H13N3O2S3/c1-6-7(2)17-10(12-6)13-18(14,15)9-3-4-16-8(9)5-11/h3-4H,5,11H2,1-2H3,(H,12,13). The number of hydrogen-bond acceptors (Lipinski definition) is 6. The highest BCUT2D eigenvalue weighted by molar-refractivity contribution is 7.93. The van der Waals surface area contributed by atoms with Crippen LogP contribution in [0.25, 0.3) is 0 Å². The minimum absolute atomic E-state index is 0.212. The van der Waals surface area contributed by atoms with Crippen LogP contribution in [-0.4, -0.2) is 13.4 Å². The van der Waals surface area contributed by atoms with Gasteiger partial charge in [-0.25, -0.2) is 13.4 Å². The molecule has 2 aromatic rings. The molecule has 18 heavy (non-hydrogen) atoms. The molecule has 0 fully saturated rings. The first-order valence-electron chi connectivity index (χ1n) is 5.17. The molecule has 0 unspecified atom stereocenters. The van der Waals surface area contributed by atoms with Crippen LogP contribution in [0.3, 0.4) is 0 Å². The van der Waals surface area contributed by atoms with Crippen molar-refractivity contribution in [3.8, 4) is 0 Å². The highest BCUT2D eigenvalue weighted by Gasteiger charge is 2.20. The molecule has 0 aliphatic heterocycles. The molecule has 2 heterocycles. The van der Waals surface area contributed by atoms with Crippen molar-refractivity contribution < 1.29 is 8.42 Å². The van der Waals surface area contributed by atoms with E-state index < -0.39 is 10.0 Å². The van der Waals surface area contributed by atoms with Crippen LogP contribution in [0.1, 0.15) is 15.4 Å². The summed E-state index contributed by atoms with van der Waals surface area (Å²) in [5, 5.41) is 2.11. The zero-order valence-corrected chi connectivity index (χ0v) is 12.4. The lowest BCUT2D eigenvalue weighted by Gasteiger charge is -2.04. The topological polar surface area (TPSA) is 85.1 Å². The molecule has 98 valence electrons. The zero-order chi connectivity index (χ0) is 13.3. The van der Waals surface area contributed by atoms with Crippen LogP contribution in [0.4, 0.5) is 5.13 Å². The van der Waals surface area contributed by atoms with Crippen LogP contribution in [0, 0.1) is 13.8 Å². The summed E-state index contributed by atoms with van der Waals surface area (Å²) in [4.78, 5) is 6.04. The summed E-state index contributed by atoms with van der Waals surface area (Å²) in [7, 11) is -3.59. The minimum Gasteiger partial charge on any atom is -0.326 e. The van der Waals surface area contributed by atoms with Gasteiger partial charge in [-0.1, -0.05) is 0 Å². The SMILES string of the molecule is Cc1nc(NS(=O)(=O)c2ccsc2CN)sc1C. The second kappa shape index (κ2) is 4.96. The van der Waals surface area contributed by atoms with Crippen LogP contribution in [-0.2, 0) is 16.6 Å². The Morgan fingerprint density at radius 1 is 1.44 bits per heavy atom. The van der Waals surface area contributed by atoms with Gasteiger partial charge in [-0.2, -0.15) is 0 Å². The summed E-state index contributed by atoms with van der Waals surface area (Å²) < 4.78 is 26.8. The molecule has 2 aromatic heterocycles. The summed E-state index contributed by atoms with van der Waals surface area (Å²) in [6.45, 7) is 3.96. The Balaban J connectivity index is 2.33. The molecule has 8 heteroatoms. The first-order valence-corrected chi connectivity index (χ1v) is 8.35. The fraction of sp³-hybridized carbons (Fsp3) is 0.300. The number of nitrogens with zero attached hydrogens (tertiary/aromatic N) is 1. The highest BCUT2D eigenvalue weighted by atomic mass is 32.2. The van der Waals surface area contributed by atoms with Crippen molar-refractivity contribution in [1.82, 2.24) is 4.98 Å². The molecule has 0 spiro atoms. The van der Waals surface area contributed by atoms with Gasteiger partial charge in [0.05, 0.1) is 5.69 Å². The van der Waals surface area contributed by atoms with Crippen molar-refractivity contribution in [2.24, 2.45) is 5.73 Å². The number of hydrogen-bond donors (Lipinski definition) is 2. The van der Waals surface area contributed by atoms with Crippen molar-refractivity contribution in [1.29, 1.82) is 0 Å². The van der Waals surface area contributed by atoms with Gasteiger partial charge in [-0.15, -0.1) is 22.7 Å². The Morgan fingerprint density at radius 2 is 2.17 bits per heavy atom. The first-order chi connectivity index (χ1) is 8.44. The third kappa shape index (κ3) is 2.56. The third-order valence-electron chi connectivity index (χ3n) is 2.43. The smallest absolute Gasteiger partial charge is 0.264 e. The largest absolute Gasteiger partial charge is 0.326 e. The van der Waals surface area contributed by atoms with E-state index in [0.29, 0.717) is 10.0 Å². The molecule has 0 radical (unpaired) electrons. The van der Waals surface area contributed by atoms with Gasteiger partial charge < -0.3 is 5.73 Å².